The molecule has 2 aromatic rings. The Bertz CT molecular complexity index is 877. The summed E-state index contributed by atoms with van der Waals surface area (Å²) < 4.78 is 0. The monoisotopic (exact) mass is 349 g/mol. The summed E-state index contributed by atoms with van der Waals surface area (Å²) in [5.41, 5.74) is 9.07. The van der Waals surface area contributed by atoms with Crippen molar-refractivity contribution in [3.63, 3.8) is 0 Å². The van der Waals surface area contributed by atoms with Crippen molar-refractivity contribution in [2.45, 2.75) is 40.2 Å². The van der Waals surface area contributed by atoms with Crippen molar-refractivity contribution in [1.82, 2.24) is 0 Å². The number of hydrogen-bond acceptors (Lipinski definition) is 1. The Balaban J connectivity index is 2.31. The van der Waals surface area contributed by atoms with Gasteiger partial charge in [-0.25, -0.2) is 0 Å². The smallest absolute Gasteiger partial charge is 0.0653 e. The van der Waals surface area contributed by atoms with Crippen LogP contribution in [0.1, 0.15) is 45.7 Å². The summed E-state index contributed by atoms with van der Waals surface area (Å²) in [6.45, 7) is 11.0. The molecule has 0 atom stereocenters. The zero-order chi connectivity index (χ0) is 18.2. The maximum Gasteiger partial charge on any atom is 0.0653 e. The van der Waals surface area contributed by atoms with Gasteiger partial charge in [0.2, 0.25) is 0 Å². The number of halogens is 1. The molecule has 2 aromatic carbocycles. The highest BCUT2D eigenvalue weighted by molar-refractivity contribution is 6.30. The van der Waals surface area contributed by atoms with Gasteiger partial charge in [-0.3, -0.25) is 4.99 Å². The largest absolute Gasteiger partial charge is 0.282 e. The summed E-state index contributed by atoms with van der Waals surface area (Å²) in [7, 11) is 0. The Labute approximate surface area is 155 Å². The molecule has 25 heavy (non-hydrogen) atoms. The molecule has 1 aliphatic rings. The van der Waals surface area contributed by atoms with E-state index in [1.165, 1.54) is 5.57 Å². The van der Waals surface area contributed by atoms with Gasteiger partial charge in [0, 0.05) is 27.3 Å². The third-order valence-corrected chi connectivity index (χ3v) is 5.66. The number of nitrogens with zero attached hydrogens (tertiary/aromatic N) is 1. The summed E-state index contributed by atoms with van der Waals surface area (Å²) in [4.78, 5) is 4.89. The van der Waals surface area contributed by atoms with E-state index in [-0.39, 0.29) is 11.0 Å². The molecule has 0 saturated heterocycles. The molecule has 1 heterocycles. The quantitative estimate of drug-likeness (QED) is 0.543. The van der Waals surface area contributed by atoms with E-state index in [1.54, 1.807) is 0 Å². The Kier molecular flexibility index (Phi) is 4.49. The van der Waals surface area contributed by atoms with Gasteiger partial charge in [-0.2, -0.15) is 0 Å². The van der Waals surface area contributed by atoms with Gasteiger partial charge in [0.05, 0.1) is 5.54 Å². The molecule has 0 N–H and O–H groups in total. The minimum atomic E-state index is -0.138. The molecular weight excluding hydrogens is 326 g/mol. The second-order valence-electron chi connectivity index (χ2n) is 7.63. The molecule has 0 spiro atoms. The van der Waals surface area contributed by atoms with Gasteiger partial charge in [-0.1, -0.05) is 67.9 Å². The molecule has 0 fully saturated rings. The second-order valence-corrected chi connectivity index (χ2v) is 8.07. The molecule has 128 valence electrons. The van der Waals surface area contributed by atoms with Crippen molar-refractivity contribution in [2.75, 3.05) is 0 Å². The molecule has 3 rings (SSSR count). The molecule has 0 radical (unpaired) electrons. The van der Waals surface area contributed by atoms with E-state index in [2.05, 4.69) is 76.7 Å². The summed E-state index contributed by atoms with van der Waals surface area (Å²) in [5, 5.41) is 0.740. The van der Waals surface area contributed by atoms with E-state index in [4.69, 9.17) is 16.6 Å². The van der Waals surface area contributed by atoms with Crippen LogP contribution in [-0.4, -0.2) is 11.3 Å². The highest BCUT2D eigenvalue weighted by Crippen LogP contribution is 2.46. The average Bonchev–Trinajstić information content (AvgIpc) is 2.71. The molecule has 0 aromatic heterocycles. The van der Waals surface area contributed by atoms with Crippen LogP contribution in [0, 0.1) is 5.41 Å². The van der Waals surface area contributed by atoms with Crippen LogP contribution in [-0.2, 0) is 0 Å². The van der Waals surface area contributed by atoms with E-state index in [1.807, 2.05) is 18.2 Å². The predicted molar refractivity (Wildman–Crippen MR) is 108 cm³/mol. The number of aliphatic imine (C=N–C) groups is 1. The van der Waals surface area contributed by atoms with Crippen LogP contribution in [0.25, 0.3) is 5.57 Å². The zero-order valence-corrected chi connectivity index (χ0v) is 16.3. The predicted octanol–water partition coefficient (Wildman–Crippen LogP) is 6.58. The molecule has 0 aliphatic carbocycles. The minimum absolute atomic E-state index is 0.0798. The topological polar surface area (TPSA) is 12.4 Å². The Morgan fingerprint density at radius 2 is 1.44 bits per heavy atom. The number of benzene rings is 2. The molecular formula is C23H24ClN. The minimum Gasteiger partial charge on any atom is -0.282 e. The van der Waals surface area contributed by atoms with E-state index < -0.39 is 0 Å². The van der Waals surface area contributed by atoms with Gasteiger partial charge in [-0.05, 0) is 44.0 Å². The zero-order valence-electron chi connectivity index (χ0n) is 15.5. The first-order valence-electron chi connectivity index (χ1n) is 8.62. The van der Waals surface area contributed by atoms with Crippen molar-refractivity contribution in [1.29, 1.82) is 0 Å². The molecule has 0 unspecified atom stereocenters. The Morgan fingerprint density at radius 3 is 1.96 bits per heavy atom. The molecule has 1 nitrogen and oxygen atoms in total. The Hall–Kier alpha value is -2.08. The van der Waals surface area contributed by atoms with Crippen molar-refractivity contribution in [3.8, 4) is 0 Å². The lowest BCUT2D eigenvalue weighted by atomic mass is 9.71. The van der Waals surface area contributed by atoms with Gasteiger partial charge >= 0.3 is 0 Å². The first kappa shape index (κ1) is 17.7. The van der Waals surface area contributed by atoms with E-state index in [0.29, 0.717) is 0 Å². The fourth-order valence-electron chi connectivity index (χ4n) is 3.28. The van der Waals surface area contributed by atoms with Crippen LogP contribution in [0.5, 0.6) is 0 Å². The van der Waals surface area contributed by atoms with Crippen LogP contribution < -0.4 is 0 Å². The van der Waals surface area contributed by atoms with Crippen LogP contribution in [0.15, 0.2) is 70.9 Å². The SMILES string of the molecule is CC1=NC(C)(C)C(C)(C)C1=C=C(c1ccccc1)c1ccc(Cl)cc1. The van der Waals surface area contributed by atoms with Crippen LogP contribution in [0.4, 0.5) is 0 Å². The summed E-state index contributed by atoms with van der Waals surface area (Å²) in [6, 6.07) is 18.4. The van der Waals surface area contributed by atoms with Gasteiger partial charge in [-0.15, -0.1) is 5.73 Å². The molecule has 0 saturated carbocycles. The number of hydrogen-bond donors (Lipinski definition) is 0. The fraction of sp³-hybridized carbons (Fsp3) is 0.304. The second kappa shape index (κ2) is 6.33. The average molecular weight is 350 g/mol. The lowest BCUT2D eigenvalue weighted by Crippen LogP contribution is -2.34. The Morgan fingerprint density at radius 1 is 0.880 bits per heavy atom. The maximum atomic E-state index is 6.08. The molecule has 0 amide bonds. The van der Waals surface area contributed by atoms with E-state index in [0.717, 1.165) is 27.4 Å². The van der Waals surface area contributed by atoms with Crippen LogP contribution in [0.2, 0.25) is 5.02 Å². The maximum absolute atomic E-state index is 6.08. The summed E-state index contributed by atoms with van der Waals surface area (Å²) in [6.07, 6.45) is 0. The van der Waals surface area contributed by atoms with Gasteiger partial charge in [0.25, 0.3) is 0 Å². The first-order valence-corrected chi connectivity index (χ1v) is 9.00. The molecule has 0 bridgehead atoms. The van der Waals surface area contributed by atoms with Crippen LogP contribution >= 0.6 is 11.6 Å². The lowest BCUT2D eigenvalue weighted by Gasteiger charge is -2.33. The van der Waals surface area contributed by atoms with Gasteiger partial charge < -0.3 is 0 Å². The standard InChI is InChI=1S/C23H24ClN/c1-16-21(22(2,3)23(4,5)25-16)15-20(17-9-7-6-8-10-17)18-11-13-19(24)14-12-18/h6-14H,1-5H3. The van der Waals surface area contributed by atoms with Crippen molar-refractivity contribution in [3.05, 3.63) is 82.1 Å². The lowest BCUT2D eigenvalue weighted by molar-refractivity contribution is 0.284. The van der Waals surface area contributed by atoms with E-state index >= 15 is 0 Å². The van der Waals surface area contributed by atoms with Crippen LogP contribution in [0.3, 0.4) is 0 Å². The third-order valence-electron chi connectivity index (χ3n) is 5.41. The first-order chi connectivity index (χ1) is 11.7. The molecule has 2 heteroatoms. The van der Waals surface area contributed by atoms with Crippen molar-refractivity contribution >= 4 is 22.9 Å². The van der Waals surface area contributed by atoms with Gasteiger partial charge in [0.1, 0.15) is 0 Å². The fourth-order valence-corrected chi connectivity index (χ4v) is 3.40. The highest BCUT2D eigenvalue weighted by Gasteiger charge is 2.45. The van der Waals surface area contributed by atoms with Crippen molar-refractivity contribution < 1.29 is 0 Å². The van der Waals surface area contributed by atoms with Crippen molar-refractivity contribution in [2.24, 2.45) is 10.4 Å². The third kappa shape index (κ3) is 3.23. The van der Waals surface area contributed by atoms with Gasteiger partial charge in [0.15, 0.2) is 0 Å². The number of rotatable bonds is 2. The summed E-state index contributed by atoms with van der Waals surface area (Å²) >= 11 is 6.08. The normalized spacial score (nSPS) is 17.8. The van der Waals surface area contributed by atoms with E-state index in [9.17, 15) is 0 Å². The summed E-state index contributed by atoms with van der Waals surface area (Å²) in [5.74, 6) is 0. The molecule has 1 aliphatic heterocycles. The highest BCUT2D eigenvalue weighted by atomic mass is 35.5.